The first kappa shape index (κ1) is 34.7. The average Bonchev–Trinajstić information content (AvgIpc) is 3.45. The SMILES string of the molecule is CCOc1cc(C(=O)OC2C[C@@H]3CN4CCc5c([nH]c6cc(OC)ccc56)C4C[C@@H]3C(C(=O)OC)[C@H]2OC)cc(OCC)c1OC.Cl. The highest BCUT2D eigenvalue weighted by Crippen LogP contribution is 2.51. The highest BCUT2D eigenvalue weighted by molar-refractivity contribution is 5.91. The van der Waals surface area contributed by atoms with E-state index in [0.717, 1.165) is 37.2 Å². The summed E-state index contributed by atoms with van der Waals surface area (Å²) in [5, 5.41) is 1.21. The topological polar surface area (TPSA) is 118 Å². The van der Waals surface area contributed by atoms with Crippen LogP contribution < -0.4 is 18.9 Å². The molecule has 0 spiro atoms. The van der Waals surface area contributed by atoms with Crippen molar-refractivity contribution >= 4 is 35.2 Å². The van der Waals surface area contributed by atoms with Crippen molar-refractivity contribution in [1.82, 2.24) is 9.88 Å². The number of aromatic amines is 1. The number of piperidine rings is 1. The number of halogens is 1. The quantitative estimate of drug-likeness (QED) is 0.282. The molecule has 2 aliphatic heterocycles. The summed E-state index contributed by atoms with van der Waals surface area (Å²) in [5.41, 5.74) is 3.85. The van der Waals surface area contributed by atoms with Crippen molar-refractivity contribution in [3.8, 4) is 23.0 Å². The lowest BCUT2D eigenvalue weighted by molar-refractivity contribution is -0.176. The van der Waals surface area contributed by atoms with Gasteiger partial charge in [0.15, 0.2) is 11.5 Å². The van der Waals surface area contributed by atoms with Gasteiger partial charge in [0.1, 0.15) is 18.0 Å². The van der Waals surface area contributed by atoms with Crippen LogP contribution >= 0.6 is 12.4 Å². The van der Waals surface area contributed by atoms with Crippen LogP contribution in [0, 0.1) is 17.8 Å². The minimum absolute atomic E-state index is 0. The smallest absolute Gasteiger partial charge is 0.338 e. The summed E-state index contributed by atoms with van der Waals surface area (Å²) < 4.78 is 40.0. The molecule has 47 heavy (non-hydrogen) atoms. The molecular weight excluding hydrogens is 628 g/mol. The second-order valence-corrected chi connectivity index (χ2v) is 12.1. The van der Waals surface area contributed by atoms with Crippen LogP contribution in [-0.2, 0) is 25.4 Å². The van der Waals surface area contributed by atoms with Gasteiger partial charge in [-0.15, -0.1) is 12.4 Å². The predicted octanol–water partition coefficient (Wildman–Crippen LogP) is 5.37. The molecule has 1 saturated heterocycles. The van der Waals surface area contributed by atoms with E-state index in [1.165, 1.54) is 30.9 Å². The number of carbonyl (C=O) groups is 2. The standard InChI is InChI=1S/C35H44N2O9.ClH/c1-7-44-27-13-19(14-28(45-8-2)32(27)41-4)34(38)46-29-15-20-18-37-12-11-23-22-10-9-21(40-3)16-25(22)36-31(23)26(37)17-24(20)30(33(29)42-5)35(39)43-6;/h9-10,13-14,16,20,24,26,29-30,33,36H,7-8,11-12,15,17-18H2,1-6H3;1H/t20-,24+,26?,29?,30?,33+;/m1./s1. The van der Waals surface area contributed by atoms with Crippen molar-refractivity contribution in [3.05, 3.63) is 47.2 Å². The molecule has 1 N–H and O–H groups in total. The molecule has 12 heteroatoms. The molecule has 3 aromatic rings. The molecule has 1 aromatic heterocycles. The van der Waals surface area contributed by atoms with Gasteiger partial charge in [0.05, 0.1) is 52.1 Å². The number of benzene rings is 2. The van der Waals surface area contributed by atoms with Crippen molar-refractivity contribution in [2.75, 3.05) is 54.7 Å². The maximum absolute atomic E-state index is 13.7. The third kappa shape index (κ3) is 6.33. The third-order valence-electron chi connectivity index (χ3n) is 9.92. The van der Waals surface area contributed by atoms with Crippen LogP contribution in [0.5, 0.6) is 23.0 Å². The minimum Gasteiger partial charge on any atom is -0.497 e. The number of nitrogens with zero attached hydrogens (tertiary/aromatic N) is 1. The second-order valence-electron chi connectivity index (χ2n) is 12.1. The zero-order valence-electron chi connectivity index (χ0n) is 27.8. The Hall–Kier alpha value is -3.67. The number of esters is 2. The van der Waals surface area contributed by atoms with E-state index < -0.39 is 24.1 Å². The third-order valence-corrected chi connectivity index (χ3v) is 9.92. The van der Waals surface area contributed by atoms with Gasteiger partial charge in [0.25, 0.3) is 0 Å². The lowest BCUT2D eigenvalue weighted by Crippen LogP contribution is -2.58. The zero-order valence-corrected chi connectivity index (χ0v) is 28.6. The summed E-state index contributed by atoms with van der Waals surface area (Å²) in [4.78, 5) is 33.4. The number of aromatic nitrogens is 1. The van der Waals surface area contributed by atoms with Gasteiger partial charge in [-0.05, 0) is 74.8 Å². The van der Waals surface area contributed by atoms with E-state index in [4.69, 9.17) is 33.2 Å². The Morgan fingerprint density at radius 3 is 2.30 bits per heavy atom. The Kier molecular flexibility index (Phi) is 10.8. The highest BCUT2D eigenvalue weighted by Gasteiger charge is 2.54. The maximum atomic E-state index is 13.7. The molecule has 6 atom stereocenters. The molecule has 6 rings (SSSR count). The number of fused-ring (bicyclic) bond motifs is 6. The summed E-state index contributed by atoms with van der Waals surface area (Å²) in [6.45, 7) is 6.15. The van der Waals surface area contributed by atoms with Crippen LogP contribution in [0.25, 0.3) is 10.9 Å². The first-order valence-electron chi connectivity index (χ1n) is 16.1. The number of hydrogen-bond acceptors (Lipinski definition) is 10. The van der Waals surface area contributed by atoms with E-state index in [-0.39, 0.29) is 41.8 Å². The molecule has 0 radical (unpaired) electrons. The maximum Gasteiger partial charge on any atom is 0.338 e. The van der Waals surface area contributed by atoms with E-state index in [1.807, 2.05) is 26.0 Å². The molecule has 256 valence electrons. The first-order chi connectivity index (χ1) is 22.3. The predicted molar refractivity (Wildman–Crippen MR) is 177 cm³/mol. The lowest BCUT2D eigenvalue weighted by Gasteiger charge is -2.52. The highest BCUT2D eigenvalue weighted by atomic mass is 35.5. The van der Waals surface area contributed by atoms with Gasteiger partial charge in [-0.25, -0.2) is 4.79 Å². The summed E-state index contributed by atoms with van der Waals surface area (Å²) in [5.74, 6) is 0.583. The van der Waals surface area contributed by atoms with Crippen molar-refractivity contribution < 1.29 is 42.7 Å². The lowest BCUT2D eigenvalue weighted by atomic mass is 9.63. The summed E-state index contributed by atoms with van der Waals surface area (Å²) in [6.07, 6.45) is 0.922. The van der Waals surface area contributed by atoms with Crippen LogP contribution in [0.3, 0.4) is 0 Å². The van der Waals surface area contributed by atoms with Gasteiger partial charge in [-0.1, -0.05) is 0 Å². The Labute approximate surface area is 281 Å². The van der Waals surface area contributed by atoms with Crippen LogP contribution in [0.4, 0.5) is 0 Å². The Morgan fingerprint density at radius 2 is 1.68 bits per heavy atom. The molecular formula is C35H45ClN2O9. The Balaban J connectivity index is 0.00000433. The van der Waals surface area contributed by atoms with E-state index >= 15 is 0 Å². The van der Waals surface area contributed by atoms with Gasteiger partial charge in [0, 0.05) is 42.9 Å². The Bertz CT molecular complexity index is 1570. The molecule has 3 unspecified atom stereocenters. The van der Waals surface area contributed by atoms with Gasteiger partial charge in [-0.3, -0.25) is 9.69 Å². The normalized spacial score (nSPS) is 25.0. The van der Waals surface area contributed by atoms with Gasteiger partial charge in [0.2, 0.25) is 5.75 Å². The molecule has 2 aromatic carbocycles. The number of H-pyrrole nitrogens is 1. The van der Waals surface area contributed by atoms with Crippen molar-refractivity contribution in [2.24, 2.45) is 17.8 Å². The monoisotopic (exact) mass is 672 g/mol. The van der Waals surface area contributed by atoms with Crippen LogP contribution in [-0.4, -0.2) is 88.8 Å². The number of nitrogens with one attached hydrogen (secondary N) is 1. The fraction of sp³-hybridized carbons (Fsp3) is 0.543. The number of ether oxygens (including phenoxy) is 7. The largest absolute Gasteiger partial charge is 0.497 e. The summed E-state index contributed by atoms with van der Waals surface area (Å²) in [6, 6.07) is 9.50. The van der Waals surface area contributed by atoms with E-state index in [9.17, 15) is 9.59 Å². The number of methoxy groups -OCH3 is 4. The molecule has 1 saturated carbocycles. The van der Waals surface area contributed by atoms with Crippen molar-refractivity contribution in [1.29, 1.82) is 0 Å². The van der Waals surface area contributed by atoms with E-state index in [2.05, 4.69) is 16.0 Å². The van der Waals surface area contributed by atoms with Gasteiger partial charge < -0.3 is 38.1 Å². The molecule has 1 aliphatic carbocycles. The molecule has 0 amide bonds. The minimum atomic E-state index is -0.671. The summed E-state index contributed by atoms with van der Waals surface area (Å²) >= 11 is 0. The number of rotatable bonds is 10. The number of hydrogen-bond donors (Lipinski definition) is 1. The Morgan fingerprint density at radius 1 is 0.957 bits per heavy atom. The van der Waals surface area contributed by atoms with Crippen LogP contribution in [0.1, 0.15) is 54.3 Å². The fourth-order valence-corrected chi connectivity index (χ4v) is 7.98. The fourth-order valence-electron chi connectivity index (χ4n) is 7.98. The molecule has 11 nitrogen and oxygen atoms in total. The first-order valence-corrected chi connectivity index (χ1v) is 16.1. The molecule has 3 aliphatic rings. The average molecular weight is 673 g/mol. The molecule has 2 fully saturated rings. The zero-order chi connectivity index (χ0) is 32.5. The second kappa shape index (κ2) is 14.6. The van der Waals surface area contributed by atoms with Crippen LogP contribution in [0.2, 0.25) is 0 Å². The van der Waals surface area contributed by atoms with Crippen molar-refractivity contribution in [2.45, 2.75) is 51.4 Å². The van der Waals surface area contributed by atoms with Gasteiger partial charge >= 0.3 is 11.9 Å². The molecule has 3 heterocycles. The van der Waals surface area contributed by atoms with Gasteiger partial charge in [-0.2, -0.15) is 0 Å². The van der Waals surface area contributed by atoms with Crippen molar-refractivity contribution in [3.63, 3.8) is 0 Å². The van der Waals surface area contributed by atoms with E-state index in [0.29, 0.717) is 36.9 Å². The van der Waals surface area contributed by atoms with Crippen LogP contribution in [0.15, 0.2) is 30.3 Å². The summed E-state index contributed by atoms with van der Waals surface area (Å²) in [7, 11) is 6.17. The molecule has 0 bridgehead atoms. The van der Waals surface area contributed by atoms with E-state index in [1.54, 1.807) is 26.4 Å². The number of carbonyl (C=O) groups excluding carboxylic acids is 2.